The van der Waals surface area contributed by atoms with Gasteiger partial charge in [0.1, 0.15) is 5.75 Å². The van der Waals surface area contributed by atoms with Crippen LogP contribution in [0.3, 0.4) is 0 Å². The normalized spacial score (nSPS) is 24.2. The van der Waals surface area contributed by atoms with Crippen molar-refractivity contribution in [1.29, 1.82) is 0 Å². The third-order valence-electron chi connectivity index (χ3n) is 5.55. The highest BCUT2D eigenvalue weighted by Crippen LogP contribution is 2.42. The van der Waals surface area contributed by atoms with Crippen molar-refractivity contribution in [1.82, 2.24) is 0 Å². The molecule has 0 spiro atoms. The predicted molar refractivity (Wildman–Crippen MR) is 108 cm³/mol. The molecule has 1 saturated carbocycles. The molecule has 0 N–H and O–H groups in total. The maximum atomic E-state index is 12.9. The highest BCUT2D eigenvalue weighted by Gasteiger charge is 2.50. The van der Waals surface area contributed by atoms with Gasteiger partial charge < -0.3 is 4.74 Å². The fraction of sp³-hybridized carbons (Fsp3) is 0.318. The molecule has 144 valence electrons. The molecule has 0 bridgehead atoms. The minimum absolute atomic E-state index is 0.140. The number of hydrogen-bond donors (Lipinski definition) is 0. The highest BCUT2D eigenvalue weighted by atomic mass is 79.9. The Morgan fingerprint density at radius 3 is 2.50 bits per heavy atom. The lowest BCUT2D eigenvalue weighted by atomic mass is 9.76. The highest BCUT2D eigenvalue weighted by molar-refractivity contribution is 9.10. The van der Waals surface area contributed by atoms with Gasteiger partial charge in [-0.1, -0.05) is 28.9 Å². The van der Waals surface area contributed by atoms with Gasteiger partial charge in [-0.3, -0.25) is 9.59 Å². The third-order valence-corrected chi connectivity index (χ3v) is 6.08. The second-order valence-corrected chi connectivity index (χ2v) is 8.45. The third kappa shape index (κ3) is 3.49. The van der Waals surface area contributed by atoms with Crippen molar-refractivity contribution in [3.63, 3.8) is 0 Å². The number of fused-ring (bicyclic) bond motifs is 1. The number of hydrogen-bond acceptors (Lipinski definition) is 4. The number of anilines is 1. The molecule has 28 heavy (non-hydrogen) atoms. The SMILES string of the molecule is C[C@@H]1CC[C@@H]2C(=O)N(c3cccc(OC(=O)c4ccc(Br)cc4)c3)C(=O)[C@H]2C1. The lowest BCUT2D eigenvalue weighted by Crippen LogP contribution is -2.30. The molecule has 1 saturated heterocycles. The summed E-state index contributed by atoms with van der Waals surface area (Å²) in [6.07, 6.45) is 2.48. The molecule has 4 rings (SSSR count). The van der Waals surface area contributed by atoms with E-state index in [-0.39, 0.29) is 23.7 Å². The monoisotopic (exact) mass is 441 g/mol. The number of amides is 2. The summed E-state index contributed by atoms with van der Waals surface area (Å²) in [5, 5.41) is 0. The summed E-state index contributed by atoms with van der Waals surface area (Å²) in [6, 6.07) is 13.5. The molecular weight excluding hydrogens is 422 g/mol. The smallest absolute Gasteiger partial charge is 0.343 e. The van der Waals surface area contributed by atoms with Gasteiger partial charge in [0.2, 0.25) is 11.8 Å². The van der Waals surface area contributed by atoms with Crippen LogP contribution >= 0.6 is 15.9 Å². The van der Waals surface area contributed by atoms with Crippen molar-refractivity contribution in [2.45, 2.75) is 26.2 Å². The van der Waals surface area contributed by atoms with Crippen LogP contribution in [-0.2, 0) is 9.59 Å². The first kappa shape index (κ1) is 18.9. The standard InChI is InChI=1S/C22H20BrNO4/c1-13-5-10-18-19(11-13)21(26)24(20(18)25)16-3-2-4-17(12-16)28-22(27)14-6-8-15(23)9-7-14/h2-4,6-9,12-13,18-19H,5,10-11H2,1H3/t13-,18+,19+/m1/s1. The number of ether oxygens (including phenoxy) is 1. The molecule has 2 amide bonds. The summed E-state index contributed by atoms with van der Waals surface area (Å²) in [4.78, 5) is 39.3. The summed E-state index contributed by atoms with van der Waals surface area (Å²) >= 11 is 3.33. The Labute approximate surface area is 171 Å². The molecule has 2 fully saturated rings. The van der Waals surface area contributed by atoms with E-state index in [1.54, 1.807) is 48.5 Å². The Bertz CT molecular complexity index is 940. The first-order valence-electron chi connectivity index (χ1n) is 9.39. The molecule has 6 heteroatoms. The van der Waals surface area contributed by atoms with Crippen molar-refractivity contribution < 1.29 is 19.1 Å². The van der Waals surface area contributed by atoms with E-state index in [1.807, 2.05) is 0 Å². The summed E-state index contributed by atoms with van der Waals surface area (Å²) in [5.74, 6) is -0.476. The number of esters is 1. The van der Waals surface area contributed by atoms with Gasteiger partial charge in [-0.15, -0.1) is 0 Å². The minimum atomic E-state index is -0.494. The summed E-state index contributed by atoms with van der Waals surface area (Å²) in [5.41, 5.74) is 0.875. The number of halogens is 1. The number of rotatable bonds is 3. The van der Waals surface area contributed by atoms with Gasteiger partial charge in [0.05, 0.1) is 23.1 Å². The van der Waals surface area contributed by atoms with Gasteiger partial charge in [-0.05, 0) is 61.6 Å². The van der Waals surface area contributed by atoms with Crippen molar-refractivity contribution in [2.75, 3.05) is 4.90 Å². The largest absolute Gasteiger partial charge is 0.423 e. The fourth-order valence-electron chi connectivity index (χ4n) is 4.08. The van der Waals surface area contributed by atoms with Crippen molar-refractivity contribution in [2.24, 2.45) is 17.8 Å². The van der Waals surface area contributed by atoms with E-state index in [0.29, 0.717) is 22.9 Å². The van der Waals surface area contributed by atoms with E-state index in [4.69, 9.17) is 4.74 Å². The zero-order valence-corrected chi connectivity index (χ0v) is 17.0. The van der Waals surface area contributed by atoms with Crippen LogP contribution in [-0.4, -0.2) is 17.8 Å². The maximum absolute atomic E-state index is 12.9. The maximum Gasteiger partial charge on any atom is 0.343 e. The lowest BCUT2D eigenvalue weighted by molar-refractivity contribution is -0.122. The van der Waals surface area contributed by atoms with E-state index in [1.165, 1.54) is 4.90 Å². The van der Waals surface area contributed by atoms with Crippen LogP contribution in [0.25, 0.3) is 0 Å². The van der Waals surface area contributed by atoms with Crippen molar-refractivity contribution in [3.05, 3.63) is 58.6 Å². The van der Waals surface area contributed by atoms with Gasteiger partial charge in [0, 0.05) is 10.5 Å². The molecule has 0 radical (unpaired) electrons. The number of benzene rings is 2. The molecule has 1 aliphatic heterocycles. The average molecular weight is 442 g/mol. The Morgan fingerprint density at radius 1 is 1.04 bits per heavy atom. The molecule has 3 atom stereocenters. The van der Waals surface area contributed by atoms with Gasteiger partial charge >= 0.3 is 5.97 Å². The quantitative estimate of drug-likeness (QED) is 0.396. The molecule has 0 unspecified atom stereocenters. The molecule has 0 aromatic heterocycles. The first-order chi connectivity index (χ1) is 13.4. The predicted octanol–water partition coefficient (Wildman–Crippen LogP) is 4.59. The molecule has 1 aliphatic carbocycles. The van der Waals surface area contributed by atoms with Crippen molar-refractivity contribution >= 4 is 39.4 Å². The molecular formula is C22H20BrNO4. The van der Waals surface area contributed by atoms with Gasteiger partial charge in [-0.2, -0.15) is 0 Å². The summed E-state index contributed by atoms with van der Waals surface area (Å²) in [7, 11) is 0. The van der Waals surface area contributed by atoms with Crippen LogP contribution in [0.4, 0.5) is 5.69 Å². The van der Waals surface area contributed by atoms with Gasteiger partial charge in [0.15, 0.2) is 0 Å². The van der Waals surface area contributed by atoms with E-state index < -0.39 is 5.97 Å². The van der Waals surface area contributed by atoms with Gasteiger partial charge in [0.25, 0.3) is 0 Å². The summed E-state index contributed by atoms with van der Waals surface area (Å²) < 4.78 is 6.31. The van der Waals surface area contributed by atoms with Crippen LogP contribution in [0.2, 0.25) is 0 Å². The zero-order valence-electron chi connectivity index (χ0n) is 15.4. The second-order valence-electron chi connectivity index (χ2n) is 7.54. The Hall–Kier alpha value is -2.47. The van der Waals surface area contributed by atoms with E-state index in [9.17, 15) is 14.4 Å². The Kier molecular flexibility index (Phi) is 5.06. The number of imide groups is 1. The second kappa shape index (κ2) is 7.51. The van der Waals surface area contributed by atoms with Gasteiger partial charge in [-0.25, -0.2) is 9.69 Å². The molecule has 2 aliphatic rings. The van der Waals surface area contributed by atoms with E-state index >= 15 is 0 Å². The van der Waals surface area contributed by atoms with Crippen LogP contribution in [0.5, 0.6) is 5.75 Å². The molecule has 2 aromatic carbocycles. The average Bonchev–Trinajstić information content (AvgIpc) is 2.92. The van der Waals surface area contributed by atoms with E-state index in [0.717, 1.165) is 23.7 Å². The minimum Gasteiger partial charge on any atom is -0.423 e. The number of carbonyl (C=O) groups is 3. The Morgan fingerprint density at radius 2 is 1.75 bits per heavy atom. The fourth-order valence-corrected chi connectivity index (χ4v) is 4.35. The van der Waals surface area contributed by atoms with Crippen LogP contribution < -0.4 is 9.64 Å². The van der Waals surface area contributed by atoms with Crippen LogP contribution in [0.15, 0.2) is 53.0 Å². The van der Waals surface area contributed by atoms with Crippen molar-refractivity contribution in [3.8, 4) is 5.75 Å². The molecule has 5 nitrogen and oxygen atoms in total. The lowest BCUT2D eigenvalue weighted by Gasteiger charge is -2.25. The van der Waals surface area contributed by atoms with Crippen LogP contribution in [0.1, 0.15) is 36.5 Å². The molecule has 1 heterocycles. The zero-order chi connectivity index (χ0) is 19.8. The van der Waals surface area contributed by atoms with E-state index in [2.05, 4.69) is 22.9 Å². The summed E-state index contributed by atoms with van der Waals surface area (Å²) in [6.45, 7) is 2.12. The Balaban J connectivity index is 1.55. The van der Waals surface area contributed by atoms with Crippen LogP contribution in [0, 0.1) is 17.8 Å². The number of nitrogens with zero attached hydrogens (tertiary/aromatic N) is 1. The molecule has 2 aromatic rings. The topological polar surface area (TPSA) is 63.7 Å². The number of carbonyl (C=O) groups excluding carboxylic acids is 3. The first-order valence-corrected chi connectivity index (χ1v) is 10.2.